The summed E-state index contributed by atoms with van der Waals surface area (Å²) >= 11 is 0. The van der Waals surface area contributed by atoms with Crippen LogP contribution in [0.15, 0.2) is 66.7 Å². The lowest BCUT2D eigenvalue weighted by Gasteiger charge is -2.13. The molecule has 22 heavy (non-hydrogen) atoms. The minimum absolute atomic E-state index is 0.598. The predicted molar refractivity (Wildman–Crippen MR) is 91.2 cm³/mol. The van der Waals surface area contributed by atoms with Gasteiger partial charge in [0, 0.05) is 16.8 Å². The molecule has 3 aromatic rings. The summed E-state index contributed by atoms with van der Waals surface area (Å²) in [6, 6.07) is 24.1. The van der Waals surface area contributed by atoms with E-state index in [-0.39, 0.29) is 0 Å². The fourth-order valence-electron chi connectivity index (χ4n) is 2.61. The van der Waals surface area contributed by atoms with E-state index >= 15 is 0 Å². The molecule has 2 heteroatoms. The Morgan fingerprint density at radius 3 is 2.14 bits per heavy atom. The molecule has 0 fully saturated rings. The van der Waals surface area contributed by atoms with Gasteiger partial charge in [-0.3, -0.25) is 0 Å². The second kappa shape index (κ2) is 5.75. The summed E-state index contributed by atoms with van der Waals surface area (Å²) in [6.45, 7) is 2.04. The van der Waals surface area contributed by atoms with Crippen molar-refractivity contribution >= 4 is 5.69 Å². The van der Waals surface area contributed by atoms with Gasteiger partial charge < -0.3 is 5.73 Å². The molecule has 2 N–H and O–H groups in total. The average molecular weight is 284 g/mol. The van der Waals surface area contributed by atoms with Gasteiger partial charge in [0.1, 0.15) is 0 Å². The Morgan fingerprint density at radius 1 is 0.818 bits per heavy atom. The van der Waals surface area contributed by atoms with Crippen LogP contribution in [-0.4, -0.2) is 0 Å². The van der Waals surface area contributed by atoms with Gasteiger partial charge in [0.2, 0.25) is 0 Å². The van der Waals surface area contributed by atoms with Crippen LogP contribution < -0.4 is 5.73 Å². The standard InChI is InChI=1S/C20H16N2/c1-14-7-9-16(10-8-14)19-17(13-21)11-12-18(20(19)22)15-5-3-2-4-6-15/h2-12H,22H2,1H3. The summed E-state index contributed by atoms with van der Waals surface area (Å²) in [5.41, 5.74) is 12.6. The maximum absolute atomic E-state index is 9.41. The first kappa shape index (κ1) is 13.9. The first-order chi connectivity index (χ1) is 10.7. The lowest BCUT2D eigenvalue weighted by atomic mass is 9.92. The molecule has 0 aliphatic rings. The van der Waals surface area contributed by atoms with Crippen LogP contribution >= 0.6 is 0 Å². The third-order valence-corrected chi connectivity index (χ3v) is 3.79. The molecule has 0 saturated heterocycles. The third-order valence-electron chi connectivity index (χ3n) is 3.79. The van der Waals surface area contributed by atoms with Gasteiger partial charge in [-0.25, -0.2) is 0 Å². The normalized spacial score (nSPS) is 10.2. The molecule has 0 amide bonds. The van der Waals surface area contributed by atoms with Crippen molar-refractivity contribution in [2.75, 3.05) is 5.73 Å². The Balaban J connectivity index is 2.24. The summed E-state index contributed by atoms with van der Waals surface area (Å²) in [5, 5.41) is 9.41. The molecule has 0 aliphatic carbocycles. The Bertz CT molecular complexity index is 841. The zero-order chi connectivity index (χ0) is 15.5. The highest BCUT2D eigenvalue weighted by Crippen LogP contribution is 2.37. The van der Waals surface area contributed by atoms with Gasteiger partial charge in [0.25, 0.3) is 0 Å². The smallest absolute Gasteiger partial charge is 0.0998 e. The molecule has 0 aliphatic heterocycles. The lowest BCUT2D eigenvalue weighted by molar-refractivity contribution is 1.45. The van der Waals surface area contributed by atoms with E-state index in [9.17, 15) is 5.26 Å². The van der Waals surface area contributed by atoms with Gasteiger partial charge in [0.05, 0.1) is 11.6 Å². The molecule has 0 aromatic heterocycles. The van der Waals surface area contributed by atoms with Crippen molar-refractivity contribution in [2.45, 2.75) is 6.92 Å². The fourth-order valence-corrected chi connectivity index (χ4v) is 2.61. The summed E-state index contributed by atoms with van der Waals surface area (Å²) in [6.07, 6.45) is 0. The van der Waals surface area contributed by atoms with E-state index in [1.165, 1.54) is 5.56 Å². The number of hydrogen-bond acceptors (Lipinski definition) is 2. The van der Waals surface area contributed by atoms with E-state index < -0.39 is 0 Å². The zero-order valence-electron chi connectivity index (χ0n) is 12.4. The second-order valence-corrected chi connectivity index (χ2v) is 5.29. The zero-order valence-corrected chi connectivity index (χ0v) is 12.4. The molecule has 3 aromatic carbocycles. The van der Waals surface area contributed by atoms with Crippen LogP contribution in [0.3, 0.4) is 0 Å². The van der Waals surface area contributed by atoms with Gasteiger partial charge in [-0.2, -0.15) is 5.26 Å². The van der Waals surface area contributed by atoms with Crippen molar-refractivity contribution in [2.24, 2.45) is 0 Å². The van der Waals surface area contributed by atoms with Crippen molar-refractivity contribution < 1.29 is 0 Å². The molecule has 2 nitrogen and oxygen atoms in total. The molecule has 0 radical (unpaired) electrons. The van der Waals surface area contributed by atoms with E-state index in [1.54, 1.807) is 0 Å². The van der Waals surface area contributed by atoms with Gasteiger partial charge in [-0.15, -0.1) is 0 Å². The molecule has 0 heterocycles. The highest BCUT2D eigenvalue weighted by Gasteiger charge is 2.13. The second-order valence-electron chi connectivity index (χ2n) is 5.29. The van der Waals surface area contributed by atoms with Crippen molar-refractivity contribution in [3.63, 3.8) is 0 Å². The Hall–Kier alpha value is -3.05. The van der Waals surface area contributed by atoms with Crippen LogP contribution in [-0.2, 0) is 0 Å². The number of benzene rings is 3. The number of nitrogen functional groups attached to an aromatic ring is 1. The molecule has 106 valence electrons. The monoisotopic (exact) mass is 284 g/mol. The molecule has 0 unspecified atom stereocenters. The molecule has 0 bridgehead atoms. The predicted octanol–water partition coefficient (Wildman–Crippen LogP) is 4.78. The molecule has 0 spiro atoms. The number of nitrogens with two attached hydrogens (primary N) is 1. The largest absolute Gasteiger partial charge is 0.398 e. The molecule has 0 atom stereocenters. The Kier molecular flexibility index (Phi) is 3.64. The average Bonchev–Trinajstić information content (AvgIpc) is 2.56. The number of hydrogen-bond donors (Lipinski definition) is 1. The number of aryl methyl sites for hydroxylation is 1. The maximum Gasteiger partial charge on any atom is 0.0998 e. The van der Waals surface area contributed by atoms with Crippen LogP contribution in [0.2, 0.25) is 0 Å². The molecule has 3 rings (SSSR count). The Labute approximate surface area is 130 Å². The first-order valence-electron chi connectivity index (χ1n) is 7.16. The van der Waals surface area contributed by atoms with Crippen molar-refractivity contribution in [1.29, 1.82) is 5.26 Å². The first-order valence-corrected chi connectivity index (χ1v) is 7.16. The van der Waals surface area contributed by atoms with Crippen LogP contribution in [0.1, 0.15) is 11.1 Å². The fraction of sp³-hybridized carbons (Fsp3) is 0.0500. The highest BCUT2D eigenvalue weighted by molar-refractivity contribution is 5.92. The summed E-state index contributed by atoms with van der Waals surface area (Å²) < 4.78 is 0. The highest BCUT2D eigenvalue weighted by atomic mass is 14.6. The number of nitrogens with zero attached hydrogens (tertiary/aromatic N) is 1. The maximum atomic E-state index is 9.41. The quantitative estimate of drug-likeness (QED) is 0.688. The topological polar surface area (TPSA) is 49.8 Å². The number of anilines is 1. The van der Waals surface area contributed by atoms with Gasteiger partial charge in [-0.05, 0) is 24.1 Å². The van der Waals surface area contributed by atoms with Crippen LogP contribution in [0, 0.1) is 18.3 Å². The Morgan fingerprint density at radius 2 is 1.50 bits per heavy atom. The third kappa shape index (κ3) is 2.45. The van der Waals surface area contributed by atoms with Crippen LogP contribution in [0.25, 0.3) is 22.3 Å². The molecule has 0 saturated carbocycles. The van der Waals surface area contributed by atoms with E-state index in [1.807, 2.05) is 73.7 Å². The minimum atomic E-state index is 0.598. The number of nitriles is 1. The van der Waals surface area contributed by atoms with E-state index in [2.05, 4.69) is 6.07 Å². The van der Waals surface area contributed by atoms with E-state index in [0.29, 0.717) is 11.3 Å². The van der Waals surface area contributed by atoms with Gasteiger partial charge in [0.15, 0.2) is 0 Å². The summed E-state index contributed by atoms with van der Waals surface area (Å²) in [7, 11) is 0. The van der Waals surface area contributed by atoms with Crippen molar-refractivity contribution in [3.05, 3.63) is 77.9 Å². The van der Waals surface area contributed by atoms with Gasteiger partial charge >= 0.3 is 0 Å². The SMILES string of the molecule is Cc1ccc(-c2c(C#N)ccc(-c3ccccc3)c2N)cc1. The van der Waals surface area contributed by atoms with Crippen molar-refractivity contribution in [3.8, 4) is 28.3 Å². The van der Waals surface area contributed by atoms with Crippen molar-refractivity contribution in [1.82, 2.24) is 0 Å². The molecular weight excluding hydrogens is 268 g/mol. The van der Waals surface area contributed by atoms with Gasteiger partial charge in [-0.1, -0.05) is 66.2 Å². The van der Waals surface area contributed by atoms with E-state index in [0.717, 1.165) is 22.3 Å². The van der Waals surface area contributed by atoms with Crippen LogP contribution in [0.4, 0.5) is 5.69 Å². The van der Waals surface area contributed by atoms with E-state index in [4.69, 9.17) is 5.73 Å². The summed E-state index contributed by atoms with van der Waals surface area (Å²) in [5.74, 6) is 0. The summed E-state index contributed by atoms with van der Waals surface area (Å²) in [4.78, 5) is 0. The van der Waals surface area contributed by atoms with Crippen LogP contribution in [0.5, 0.6) is 0 Å². The molecular formula is C20H16N2. The number of rotatable bonds is 2. The minimum Gasteiger partial charge on any atom is -0.398 e. The lowest BCUT2D eigenvalue weighted by Crippen LogP contribution is -1.97.